The van der Waals surface area contributed by atoms with E-state index in [1.807, 2.05) is 25.1 Å². The molecule has 30 heavy (non-hydrogen) atoms. The normalized spacial score (nSPS) is 11.7. The fraction of sp³-hybridized carbons (Fsp3) is 0.150. The predicted molar refractivity (Wildman–Crippen MR) is 114 cm³/mol. The third-order valence-corrected chi connectivity index (χ3v) is 6.12. The third-order valence-electron chi connectivity index (χ3n) is 4.75. The zero-order valence-electron chi connectivity index (χ0n) is 16.5. The summed E-state index contributed by atoms with van der Waals surface area (Å²) in [6.45, 7) is 2.00. The topological polar surface area (TPSA) is 119 Å². The molecule has 154 valence electrons. The molecule has 0 saturated heterocycles. The number of imidazole rings is 1. The zero-order valence-corrected chi connectivity index (χ0v) is 17.3. The fourth-order valence-electron chi connectivity index (χ4n) is 3.13. The summed E-state index contributed by atoms with van der Waals surface area (Å²) in [5, 5.41) is 0. The van der Waals surface area contributed by atoms with Gasteiger partial charge in [0.1, 0.15) is 5.82 Å². The molecule has 4 rings (SSSR count). The maximum Gasteiger partial charge on any atom is 0.330 e. The second-order valence-corrected chi connectivity index (χ2v) is 8.69. The summed E-state index contributed by atoms with van der Waals surface area (Å²) in [5.74, 6) is 0.664. The van der Waals surface area contributed by atoms with Crippen LogP contribution >= 0.6 is 0 Å². The lowest BCUT2D eigenvalue weighted by atomic mass is 10.2. The Kier molecular flexibility index (Phi) is 4.58. The number of nitrogens with one attached hydrogen (secondary N) is 2. The van der Waals surface area contributed by atoms with Crippen LogP contribution in [-0.4, -0.2) is 27.5 Å². The number of fused-ring (bicyclic) bond motifs is 1. The Morgan fingerprint density at radius 2 is 1.73 bits per heavy atom. The van der Waals surface area contributed by atoms with Crippen molar-refractivity contribution in [1.82, 2.24) is 19.1 Å². The number of aryl methyl sites for hydroxylation is 2. The minimum Gasteiger partial charge on any atom is -0.338 e. The van der Waals surface area contributed by atoms with E-state index in [9.17, 15) is 18.0 Å². The molecular formula is C20H19N5O4S. The molecule has 0 unspecified atom stereocenters. The molecule has 10 heteroatoms. The maximum atomic E-state index is 12.7. The highest BCUT2D eigenvalue weighted by Gasteiger charge is 2.21. The molecule has 0 radical (unpaired) electrons. The Labute approximate surface area is 171 Å². The number of anilines is 1. The minimum absolute atomic E-state index is 0.279. The molecular weight excluding hydrogens is 406 g/mol. The summed E-state index contributed by atoms with van der Waals surface area (Å²) in [6.07, 6.45) is 1.01. The van der Waals surface area contributed by atoms with Crippen molar-refractivity contribution in [1.29, 1.82) is 0 Å². The van der Waals surface area contributed by atoms with Gasteiger partial charge in [0.25, 0.3) is 15.6 Å². The van der Waals surface area contributed by atoms with E-state index in [1.54, 1.807) is 24.3 Å². The Hall–Kier alpha value is -3.66. The second-order valence-electron chi connectivity index (χ2n) is 7.04. The monoisotopic (exact) mass is 425 g/mol. The van der Waals surface area contributed by atoms with Crippen molar-refractivity contribution >= 4 is 26.7 Å². The van der Waals surface area contributed by atoms with E-state index in [0.29, 0.717) is 5.82 Å². The van der Waals surface area contributed by atoms with Crippen molar-refractivity contribution in [2.24, 2.45) is 14.1 Å². The van der Waals surface area contributed by atoms with Crippen molar-refractivity contribution in [2.75, 3.05) is 4.72 Å². The average Bonchev–Trinajstić information content (AvgIpc) is 3.12. The highest BCUT2D eigenvalue weighted by molar-refractivity contribution is 7.92. The summed E-state index contributed by atoms with van der Waals surface area (Å²) in [5.41, 5.74) is 2.44. The van der Waals surface area contributed by atoms with Crippen LogP contribution in [0.5, 0.6) is 0 Å². The number of benzene rings is 2. The molecule has 0 atom stereocenters. The van der Waals surface area contributed by atoms with E-state index in [2.05, 4.69) is 14.7 Å². The van der Waals surface area contributed by atoms with Crippen LogP contribution < -0.4 is 16.0 Å². The highest BCUT2D eigenvalue weighted by Crippen LogP contribution is 2.23. The quantitative estimate of drug-likeness (QED) is 0.516. The number of nitrogens with zero attached hydrogens (tertiary/aromatic N) is 3. The summed E-state index contributed by atoms with van der Waals surface area (Å²) in [6, 6.07) is 12.5. The summed E-state index contributed by atoms with van der Waals surface area (Å²) in [7, 11) is -1.57. The van der Waals surface area contributed by atoms with Gasteiger partial charge in [-0.05, 0) is 48.9 Å². The van der Waals surface area contributed by atoms with E-state index in [1.165, 1.54) is 14.1 Å². The fourth-order valence-corrected chi connectivity index (χ4v) is 4.35. The largest absolute Gasteiger partial charge is 0.338 e. The molecule has 2 N–H and O–H groups in total. The number of aromatic nitrogens is 4. The molecule has 9 nitrogen and oxygen atoms in total. The Morgan fingerprint density at radius 1 is 1.03 bits per heavy atom. The molecule has 0 fully saturated rings. The first-order valence-electron chi connectivity index (χ1n) is 9.02. The number of hydrogen-bond acceptors (Lipinski definition) is 5. The molecule has 2 aromatic heterocycles. The number of rotatable bonds is 4. The maximum absolute atomic E-state index is 12.7. The van der Waals surface area contributed by atoms with Gasteiger partial charge in [0.05, 0.1) is 11.0 Å². The van der Waals surface area contributed by atoms with Gasteiger partial charge in [-0.2, -0.15) is 0 Å². The van der Waals surface area contributed by atoms with Gasteiger partial charge in [0.2, 0.25) is 0 Å². The molecule has 0 aliphatic carbocycles. The lowest BCUT2D eigenvalue weighted by molar-refractivity contribution is 0.589. The summed E-state index contributed by atoms with van der Waals surface area (Å²) >= 11 is 0. The van der Waals surface area contributed by atoms with Crippen molar-refractivity contribution in [3.63, 3.8) is 0 Å². The SMILES string of the molecule is Cc1ccc2nc(-c3ccc(NS(=O)(=O)c4cn(C)c(=O)n(C)c4=O)cc3)[nH]c2c1. The molecule has 0 saturated carbocycles. The standard InChI is InChI=1S/C20H19N5O4S/c1-12-4-9-15-16(10-12)22-18(21-15)13-5-7-14(8-6-13)23-30(28,29)17-11-24(2)20(27)25(3)19(17)26/h4-11,23H,1-3H3,(H,21,22). The summed E-state index contributed by atoms with van der Waals surface area (Å²) < 4.78 is 29.5. The van der Waals surface area contributed by atoms with Gasteiger partial charge in [-0.1, -0.05) is 6.07 Å². The van der Waals surface area contributed by atoms with E-state index < -0.39 is 26.2 Å². The van der Waals surface area contributed by atoms with Crippen LogP contribution in [-0.2, 0) is 24.1 Å². The number of hydrogen-bond donors (Lipinski definition) is 2. The Morgan fingerprint density at radius 3 is 2.43 bits per heavy atom. The number of aromatic amines is 1. The molecule has 0 aliphatic heterocycles. The van der Waals surface area contributed by atoms with Crippen molar-refractivity contribution in [2.45, 2.75) is 11.8 Å². The second kappa shape index (κ2) is 6.99. The lowest BCUT2D eigenvalue weighted by Gasteiger charge is -2.10. The first kappa shape index (κ1) is 19.6. The van der Waals surface area contributed by atoms with Crippen molar-refractivity contribution < 1.29 is 8.42 Å². The van der Waals surface area contributed by atoms with E-state index >= 15 is 0 Å². The Balaban J connectivity index is 1.64. The zero-order chi connectivity index (χ0) is 21.6. The molecule has 0 spiro atoms. The van der Waals surface area contributed by atoms with Gasteiger partial charge in [-0.3, -0.25) is 14.1 Å². The van der Waals surface area contributed by atoms with Gasteiger partial charge < -0.3 is 9.55 Å². The van der Waals surface area contributed by atoms with Crippen LogP contribution in [0.25, 0.3) is 22.4 Å². The molecule has 2 heterocycles. The van der Waals surface area contributed by atoms with Gasteiger partial charge in [-0.15, -0.1) is 0 Å². The van der Waals surface area contributed by atoms with Gasteiger partial charge in [0, 0.05) is 31.5 Å². The Bertz CT molecular complexity index is 1500. The summed E-state index contributed by atoms with van der Waals surface area (Å²) in [4.78, 5) is 31.3. The molecule has 0 bridgehead atoms. The van der Waals surface area contributed by atoms with Crippen LogP contribution in [0.1, 0.15) is 5.56 Å². The molecule has 0 amide bonds. The third kappa shape index (κ3) is 3.41. The number of sulfonamides is 1. The van der Waals surface area contributed by atoms with Gasteiger partial charge in [0.15, 0.2) is 4.90 Å². The smallest absolute Gasteiger partial charge is 0.330 e. The van der Waals surface area contributed by atoms with Crippen molar-refractivity contribution in [3.05, 3.63) is 75.1 Å². The molecule has 4 aromatic rings. The average molecular weight is 425 g/mol. The first-order valence-corrected chi connectivity index (χ1v) is 10.5. The lowest BCUT2D eigenvalue weighted by Crippen LogP contribution is -2.40. The van der Waals surface area contributed by atoms with Crippen LogP contribution in [0.4, 0.5) is 5.69 Å². The van der Waals surface area contributed by atoms with Gasteiger partial charge in [-0.25, -0.2) is 18.2 Å². The van der Waals surface area contributed by atoms with Crippen LogP contribution in [0.15, 0.2) is 63.1 Å². The first-order chi connectivity index (χ1) is 14.2. The predicted octanol–water partition coefficient (Wildman–Crippen LogP) is 1.74. The van der Waals surface area contributed by atoms with Crippen molar-refractivity contribution in [3.8, 4) is 11.4 Å². The van der Waals surface area contributed by atoms with E-state index in [4.69, 9.17) is 0 Å². The van der Waals surface area contributed by atoms with Crippen LogP contribution in [0.3, 0.4) is 0 Å². The highest BCUT2D eigenvalue weighted by atomic mass is 32.2. The van der Waals surface area contributed by atoms with Crippen LogP contribution in [0, 0.1) is 6.92 Å². The van der Waals surface area contributed by atoms with E-state index in [-0.39, 0.29) is 5.69 Å². The van der Waals surface area contributed by atoms with Crippen LogP contribution in [0.2, 0.25) is 0 Å². The van der Waals surface area contributed by atoms with Gasteiger partial charge >= 0.3 is 5.69 Å². The molecule has 0 aliphatic rings. The van der Waals surface area contributed by atoms with E-state index in [0.717, 1.165) is 37.5 Å². The minimum atomic E-state index is -4.18. The molecule has 2 aromatic carbocycles. The number of H-pyrrole nitrogens is 1.